The lowest BCUT2D eigenvalue weighted by molar-refractivity contribution is -0.176. The minimum absolute atomic E-state index is 0. The molecule has 6 aliphatic heterocycles. The van der Waals surface area contributed by atoms with Crippen molar-refractivity contribution in [2.45, 2.75) is 256 Å². The van der Waals surface area contributed by atoms with Gasteiger partial charge in [0.25, 0.3) is 0 Å². The molecule has 36 nitrogen and oxygen atoms in total. The fourth-order valence-corrected chi connectivity index (χ4v) is 20.8. The van der Waals surface area contributed by atoms with Gasteiger partial charge in [0, 0.05) is 82.9 Å². The maximum atomic E-state index is 13.8. The molecule has 712 valence electrons. The van der Waals surface area contributed by atoms with Crippen molar-refractivity contribution < 1.29 is 159 Å². The SMILES string of the molecule is CC(=O)[C@@H](N)CC(=O)O[C@@H](C)C(=O)OC1=CC[C@@]2(O)[C@H]3Cc4ccc(CO)c5c4[C@@]2(CCN3C)[C@H]1O5.CC(=O)[C@@H](O)CC(=O)NCCC(=O)O[C@@H](C(=O)OC1=CC[C@@]2(O)[C@H]3Cc4ccc(CO)c5c4[C@@]2(CCN3C)[C@H]1O5)c1ccccc1.CC(O)C(=O)N[C@@H](CC(=O)O[C@@H](C)C(=O)OC1=CC[C@@]2(O)[C@H]3Cc4ccc(CO)c5c4[C@@]2(CCN3C)[C@H]1O5)C(=O)O.Cl.Cl.O=CC(F)(F)F. The summed E-state index contributed by atoms with van der Waals surface area (Å²) in [4.78, 5) is 150. The van der Waals surface area contributed by atoms with E-state index >= 15 is 0 Å². The third-order valence-electron chi connectivity index (χ3n) is 27.3. The van der Waals surface area contributed by atoms with E-state index in [1.165, 1.54) is 27.7 Å². The van der Waals surface area contributed by atoms with Crippen molar-refractivity contribution in [1.82, 2.24) is 25.3 Å². The maximum absolute atomic E-state index is 13.8. The van der Waals surface area contributed by atoms with Crippen LogP contribution in [0.4, 0.5) is 13.2 Å². The summed E-state index contributed by atoms with van der Waals surface area (Å²) in [6, 6.07) is 16.6. The van der Waals surface area contributed by atoms with Gasteiger partial charge in [0.05, 0.1) is 84.6 Å². The highest BCUT2D eigenvalue weighted by atomic mass is 35.5. The summed E-state index contributed by atoms with van der Waals surface area (Å²) >= 11 is 0. The van der Waals surface area contributed by atoms with Gasteiger partial charge in [0.15, 0.2) is 36.3 Å². The standard InChI is InChI=1S/C34H38N2O10.C28H34N2O11.C26H32N2O8.C2HF3O.2ClH/c1-19(38)23(39)17-26(40)35-14-11-27(41)45-30(20-6-4-3-5-7-20)32(42)44-24-10-12-34(43)25-16-21-8-9-22(18-37)29-28(21)33(34,31(24)46-29)13-15-36(25)2;1-13(32)24(34)29-17(25(35)36)11-20(33)39-14(2)26(37)40-18-6-7-28(38)19-10-15-4-5-16(12-31)22-21(15)27(28,23(18)41-22)8-9-30(19)3;1-13(30)17(27)11-20(31)34-14(2)24(32)35-18-6-7-26(33)19-10-15-4-5-16(12-29)22-21(15)25(26,23(18)36-22)8-9-28(19)3;3-2(4,5)1-6;;/h3-10,23,25,30-31,37,39,43H,11-18H2,1-2H3,(H,35,40);4-6,13-14,17,19,23,31-32,38H,7-12H2,1-3H3,(H,29,34)(H,35,36);4-6,14,17,19,23,29,33H,7-12,27H2,1-3H3;1H;2*1H/t23-,25+,30+,31-,33-,34+;13?,14-,17-,19+,23-,27-,28+;14-,17-,19+,23-,25-,26+;;;/m000.../s1. The van der Waals surface area contributed by atoms with Gasteiger partial charge in [-0.1, -0.05) is 66.7 Å². The van der Waals surface area contributed by atoms with Crippen LogP contribution in [0, 0.1) is 0 Å². The number of likely N-dealkylation sites (tertiary alicyclic amines) is 3. The number of likely N-dealkylation sites (N-methyl/N-ethyl adjacent to an activating group) is 3. The van der Waals surface area contributed by atoms with E-state index in [2.05, 4.69) is 20.0 Å². The number of hydrogen-bond donors (Lipinski definition) is 12. The molecule has 3 fully saturated rings. The van der Waals surface area contributed by atoms with Crippen LogP contribution in [0.15, 0.2) is 102 Å². The molecule has 6 bridgehead atoms. The van der Waals surface area contributed by atoms with Gasteiger partial charge >= 0.3 is 48.0 Å². The van der Waals surface area contributed by atoms with Gasteiger partial charge in [-0.05, 0) is 149 Å². The Labute approximate surface area is 761 Å². The van der Waals surface area contributed by atoms with Gasteiger partial charge in [0.1, 0.15) is 58.6 Å². The van der Waals surface area contributed by atoms with Gasteiger partial charge in [-0.3, -0.25) is 38.4 Å². The van der Waals surface area contributed by atoms with Crippen molar-refractivity contribution in [2.75, 3.05) is 47.3 Å². The zero-order valence-electron chi connectivity index (χ0n) is 72.8. The third kappa shape index (κ3) is 18.3. The molecule has 3 saturated heterocycles. The minimum atomic E-state index is -4.64. The van der Waals surface area contributed by atoms with Crippen molar-refractivity contribution in [2.24, 2.45) is 5.73 Å². The van der Waals surface area contributed by atoms with E-state index in [0.29, 0.717) is 91.1 Å². The molecule has 1 unspecified atom stereocenters. The summed E-state index contributed by atoms with van der Waals surface area (Å²) in [6.45, 7) is 7.43. The van der Waals surface area contributed by atoms with Gasteiger partial charge in [-0.15, -0.1) is 24.8 Å². The lowest BCUT2D eigenvalue weighted by atomic mass is 9.50. The highest BCUT2D eigenvalue weighted by Gasteiger charge is 2.75. The van der Waals surface area contributed by atoms with Crippen LogP contribution in [0.5, 0.6) is 17.2 Å². The molecule has 16 rings (SSSR count). The summed E-state index contributed by atoms with van der Waals surface area (Å²) in [5, 5.41) is 99.6. The molecule has 4 aromatic rings. The smallest absolute Gasteiger partial charge is 0.446 e. The molecular formula is C90H107Cl2F3N6O30. The van der Waals surface area contributed by atoms with E-state index in [4.69, 9.17) is 53.2 Å². The highest BCUT2D eigenvalue weighted by Crippen LogP contribution is 2.68. The number of aliphatic carboxylic acids is 1. The lowest BCUT2D eigenvalue weighted by Gasteiger charge is -2.61. The Hall–Kier alpha value is -10.4. The Morgan fingerprint density at radius 3 is 1.27 bits per heavy atom. The number of halogens is 5. The number of esters is 6. The second-order valence-corrected chi connectivity index (χ2v) is 34.8. The number of nitrogens with two attached hydrogens (primary N) is 1. The second-order valence-electron chi connectivity index (χ2n) is 34.8. The molecule has 13 N–H and O–H groups in total. The summed E-state index contributed by atoms with van der Waals surface area (Å²) in [5.74, 6) is -7.08. The van der Waals surface area contributed by atoms with Gasteiger partial charge in [-0.25, -0.2) is 19.2 Å². The van der Waals surface area contributed by atoms with E-state index < -0.39 is 179 Å². The van der Waals surface area contributed by atoms with Crippen molar-refractivity contribution >= 4 is 96.3 Å². The summed E-state index contributed by atoms with van der Waals surface area (Å²) in [5.41, 5.74) is 7.21. The fraction of sp³-hybridized carbons (Fsp3) is 0.533. The van der Waals surface area contributed by atoms with Crippen molar-refractivity contribution in [3.63, 3.8) is 0 Å². The predicted molar refractivity (Wildman–Crippen MR) is 452 cm³/mol. The molecule has 131 heavy (non-hydrogen) atoms. The molecule has 41 heteroatoms. The molecule has 3 spiro atoms. The number of ketones is 2. The number of carboxylic acid groups (broad SMARTS) is 1. The molecule has 12 aliphatic rings. The topological polar surface area (TPSA) is 530 Å². The second kappa shape index (κ2) is 39.4. The van der Waals surface area contributed by atoms with E-state index in [0.717, 1.165) is 46.8 Å². The number of piperidine rings is 3. The number of amides is 2. The zero-order chi connectivity index (χ0) is 93.9. The van der Waals surface area contributed by atoms with Gasteiger partial charge in [0.2, 0.25) is 24.2 Å². The van der Waals surface area contributed by atoms with Gasteiger partial charge in [-0.2, -0.15) is 13.2 Å². The molecule has 0 saturated carbocycles. The molecule has 19 atom stereocenters. The number of benzene rings is 4. The number of aldehydes is 1. The third-order valence-corrected chi connectivity index (χ3v) is 27.3. The molecule has 4 aromatic carbocycles. The van der Waals surface area contributed by atoms with Crippen LogP contribution in [0.25, 0.3) is 0 Å². The fourth-order valence-electron chi connectivity index (χ4n) is 20.8. The van der Waals surface area contributed by atoms with Crippen LogP contribution < -0.4 is 30.6 Å². The van der Waals surface area contributed by atoms with Crippen LogP contribution in [-0.2, 0) is 141 Å². The van der Waals surface area contributed by atoms with Crippen LogP contribution in [-0.4, -0.2) is 275 Å². The Balaban J connectivity index is 0.000000183. The predicted octanol–water partition coefficient (Wildman–Crippen LogP) is 2.23. The minimum Gasteiger partial charge on any atom is -0.481 e. The average Bonchev–Trinajstić information content (AvgIpc) is 1.55. The number of ether oxygens (including phenoxy) is 9. The van der Waals surface area contributed by atoms with Crippen LogP contribution in [0.3, 0.4) is 0 Å². The van der Waals surface area contributed by atoms with E-state index in [9.17, 15) is 112 Å². The number of carbonyl (C=O) groups excluding carboxylic acids is 11. The summed E-state index contributed by atoms with van der Waals surface area (Å²) < 4.78 is 83.9. The molecule has 6 aliphatic carbocycles. The number of aliphatic hydroxyl groups is 8. The number of rotatable bonds is 27. The first-order chi connectivity index (χ1) is 60.9. The zero-order valence-corrected chi connectivity index (χ0v) is 74.4. The molecular weight excluding hydrogens is 1770 g/mol. The molecule has 6 heterocycles. The number of nitrogens with one attached hydrogen (secondary N) is 2. The maximum Gasteiger partial charge on any atom is 0.446 e. The summed E-state index contributed by atoms with van der Waals surface area (Å²) in [7, 11) is 5.96. The monoisotopic (exact) mass is 1880 g/mol. The molecule has 2 amide bonds. The molecule has 0 aromatic heterocycles. The average molecular weight is 1880 g/mol. The number of Topliss-reactive ketones (excluding diaryl/α,β-unsaturated/α-hetero) is 2. The number of alkyl halides is 3. The molecule has 0 radical (unpaired) electrons. The van der Waals surface area contributed by atoms with E-state index in [-0.39, 0.29) is 124 Å². The van der Waals surface area contributed by atoms with Crippen molar-refractivity contribution in [1.29, 1.82) is 0 Å². The Kier molecular flexibility index (Phi) is 30.5. The van der Waals surface area contributed by atoms with Crippen molar-refractivity contribution in [3.05, 3.63) is 158 Å². The number of nitrogens with zero attached hydrogens (tertiary/aromatic N) is 3. The Morgan fingerprint density at radius 2 is 0.924 bits per heavy atom. The van der Waals surface area contributed by atoms with E-state index in [1.54, 1.807) is 54.6 Å². The van der Waals surface area contributed by atoms with Gasteiger partial charge < -0.3 is 120 Å². The number of carboxylic acids is 1. The number of carbonyl (C=O) groups is 12. The lowest BCUT2D eigenvalue weighted by Crippen LogP contribution is -2.74. The largest absolute Gasteiger partial charge is 0.481 e. The van der Waals surface area contributed by atoms with Crippen LogP contribution in [0.2, 0.25) is 0 Å². The quantitative estimate of drug-likeness (QED) is 0.0231. The van der Waals surface area contributed by atoms with Crippen LogP contribution >= 0.6 is 24.8 Å². The first-order valence-electron chi connectivity index (χ1n) is 42.3. The Morgan fingerprint density at radius 1 is 0.550 bits per heavy atom. The van der Waals surface area contributed by atoms with Crippen molar-refractivity contribution in [3.8, 4) is 17.2 Å². The Bertz CT molecular complexity index is 5250. The number of hydrogen-bond acceptors (Lipinski definition) is 33. The van der Waals surface area contributed by atoms with Crippen LogP contribution in [0.1, 0.15) is 161 Å². The first-order valence-corrected chi connectivity index (χ1v) is 42.3. The normalized spacial score (nSPS) is 27.9. The first kappa shape index (κ1) is 101. The van der Waals surface area contributed by atoms with E-state index in [1.807, 2.05) is 56.8 Å². The highest BCUT2D eigenvalue weighted by molar-refractivity contribution is 5.91. The number of aliphatic hydroxyl groups excluding tert-OH is 5. The summed E-state index contributed by atoms with van der Waals surface area (Å²) in [6.07, 6.45) is -7.91.